The van der Waals surface area contributed by atoms with Crippen molar-refractivity contribution in [1.29, 1.82) is 0 Å². The molecule has 2 N–H and O–H groups in total. The van der Waals surface area contributed by atoms with E-state index >= 15 is 0 Å². The highest BCUT2D eigenvalue weighted by atomic mass is 16.5. The van der Waals surface area contributed by atoms with Crippen LogP contribution in [0.25, 0.3) is 0 Å². The molecule has 0 amide bonds. The normalized spacial score (nSPS) is 14.1. The van der Waals surface area contributed by atoms with Crippen molar-refractivity contribution >= 4 is 28.8 Å². The minimum Gasteiger partial charge on any atom is -0.378 e. The number of nitrogens with zero attached hydrogens (tertiary/aromatic N) is 3. The highest BCUT2D eigenvalue weighted by molar-refractivity contribution is 5.61. The molecule has 0 radical (unpaired) electrons. The number of rotatable bonds is 5. The van der Waals surface area contributed by atoms with Crippen LogP contribution in [0.2, 0.25) is 0 Å². The molecule has 6 nitrogen and oxygen atoms in total. The van der Waals surface area contributed by atoms with E-state index in [1.807, 2.05) is 48.5 Å². The number of hydrogen-bond donors (Lipinski definition) is 2. The van der Waals surface area contributed by atoms with E-state index in [-0.39, 0.29) is 0 Å². The molecule has 26 heavy (non-hydrogen) atoms. The summed E-state index contributed by atoms with van der Waals surface area (Å²) in [5.74, 6) is 1.31. The number of para-hydroxylation sites is 1. The Morgan fingerprint density at radius 1 is 0.808 bits per heavy atom. The summed E-state index contributed by atoms with van der Waals surface area (Å²) in [5.41, 5.74) is 3.16. The fourth-order valence-electron chi connectivity index (χ4n) is 2.86. The van der Waals surface area contributed by atoms with Gasteiger partial charge in [0.15, 0.2) is 0 Å². The van der Waals surface area contributed by atoms with Crippen LogP contribution in [0.5, 0.6) is 0 Å². The van der Waals surface area contributed by atoms with Crippen LogP contribution in [0.15, 0.2) is 66.9 Å². The Bertz CT molecular complexity index is 832. The lowest BCUT2D eigenvalue weighted by atomic mass is 10.2. The zero-order chi connectivity index (χ0) is 17.6. The van der Waals surface area contributed by atoms with E-state index in [4.69, 9.17) is 4.74 Å². The lowest BCUT2D eigenvalue weighted by molar-refractivity contribution is 0.122. The molecule has 0 aliphatic carbocycles. The fourth-order valence-corrected chi connectivity index (χ4v) is 2.86. The quantitative estimate of drug-likeness (QED) is 0.732. The Balaban J connectivity index is 1.43. The van der Waals surface area contributed by atoms with Gasteiger partial charge in [0, 0.05) is 36.3 Å². The van der Waals surface area contributed by atoms with Gasteiger partial charge in [-0.1, -0.05) is 18.2 Å². The van der Waals surface area contributed by atoms with Crippen LogP contribution < -0.4 is 15.5 Å². The van der Waals surface area contributed by atoms with Gasteiger partial charge in [-0.2, -0.15) is 4.98 Å². The Morgan fingerprint density at radius 2 is 1.54 bits per heavy atom. The van der Waals surface area contributed by atoms with Crippen LogP contribution in [-0.4, -0.2) is 36.3 Å². The Labute approximate surface area is 152 Å². The number of ether oxygens (including phenoxy) is 1. The first-order chi connectivity index (χ1) is 12.9. The lowest BCUT2D eigenvalue weighted by Gasteiger charge is -2.28. The Morgan fingerprint density at radius 3 is 2.31 bits per heavy atom. The minimum absolute atomic E-state index is 0.560. The second-order valence-corrected chi connectivity index (χ2v) is 6.03. The molecule has 0 unspecified atom stereocenters. The van der Waals surface area contributed by atoms with Crippen molar-refractivity contribution in [3.8, 4) is 0 Å². The van der Waals surface area contributed by atoms with Crippen molar-refractivity contribution in [3.05, 3.63) is 66.9 Å². The molecule has 2 heterocycles. The Kier molecular flexibility index (Phi) is 4.93. The molecule has 1 aliphatic rings. The van der Waals surface area contributed by atoms with Gasteiger partial charge in [-0.05, 0) is 42.5 Å². The van der Waals surface area contributed by atoms with E-state index in [0.717, 1.165) is 43.5 Å². The molecule has 0 atom stereocenters. The molecule has 0 bridgehead atoms. The van der Waals surface area contributed by atoms with Crippen LogP contribution >= 0.6 is 0 Å². The van der Waals surface area contributed by atoms with Crippen LogP contribution in [0.4, 0.5) is 28.8 Å². The molecule has 1 fully saturated rings. The summed E-state index contributed by atoms with van der Waals surface area (Å²) >= 11 is 0. The molecular weight excluding hydrogens is 326 g/mol. The summed E-state index contributed by atoms with van der Waals surface area (Å²) < 4.78 is 5.40. The SMILES string of the molecule is c1ccc(Nc2ccnc(Nc3ccc(N4CCOCC4)cc3)n2)cc1. The van der Waals surface area contributed by atoms with Crippen molar-refractivity contribution in [2.75, 3.05) is 41.8 Å². The monoisotopic (exact) mass is 347 g/mol. The van der Waals surface area contributed by atoms with Gasteiger partial charge in [0.25, 0.3) is 0 Å². The van der Waals surface area contributed by atoms with E-state index in [9.17, 15) is 0 Å². The third-order valence-corrected chi connectivity index (χ3v) is 4.20. The van der Waals surface area contributed by atoms with Gasteiger partial charge in [0.2, 0.25) is 5.95 Å². The molecular formula is C20H21N5O. The van der Waals surface area contributed by atoms with Crippen molar-refractivity contribution in [1.82, 2.24) is 9.97 Å². The molecule has 2 aromatic carbocycles. The van der Waals surface area contributed by atoms with Crippen LogP contribution in [0.1, 0.15) is 0 Å². The van der Waals surface area contributed by atoms with Gasteiger partial charge in [-0.25, -0.2) is 4.98 Å². The van der Waals surface area contributed by atoms with Gasteiger partial charge in [0.05, 0.1) is 13.2 Å². The van der Waals surface area contributed by atoms with Gasteiger partial charge < -0.3 is 20.3 Å². The molecule has 3 aromatic rings. The second-order valence-electron chi connectivity index (χ2n) is 6.03. The molecule has 0 spiro atoms. The third-order valence-electron chi connectivity index (χ3n) is 4.20. The predicted octanol–water partition coefficient (Wildman–Crippen LogP) is 3.80. The summed E-state index contributed by atoms with van der Waals surface area (Å²) in [4.78, 5) is 11.1. The maximum absolute atomic E-state index is 5.40. The Hall–Kier alpha value is -3.12. The second kappa shape index (κ2) is 7.84. The third kappa shape index (κ3) is 4.10. The van der Waals surface area contributed by atoms with E-state index in [1.54, 1.807) is 6.20 Å². The van der Waals surface area contributed by atoms with Crippen LogP contribution in [0, 0.1) is 0 Å². The summed E-state index contributed by atoms with van der Waals surface area (Å²) in [6, 6.07) is 20.1. The average Bonchev–Trinajstić information content (AvgIpc) is 2.70. The number of hydrogen-bond acceptors (Lipinski definition) is 6. The zero-order valence-corrected chi connectivity index (χ0v) is 14.4. The largest absolute Gasteiger partial charge is 0.378 e. The molecule has 0 saturated carbocycles. The molecule has 6 heteroatoms. The smallest absolute Gasteiger partial charge is 0.229 e. The maximum atomic E-state index is 5.40. The predicted molar refractivity (Wildman–Crippen MR) is 105 cm³/mol. The first kappa shape index (κ1) is 16.4. The lowest BCUT2D eigenvalue weighted by Crippen LogP contribution is -2.36. The van der Waals surface area contributed by atoms with E-state index in [0.29, 0.717) is 5.95 Å². The van der Waals surface area contributed by atoms with Gasteiger partial charge in [-0.15, -0.1) is 0 Å². The van der Waals surface area contributed by atoms with E-state index < -0.39 is 0 Å². The highest BCUT2D eigenvalue weighted by Gasteiger charge is 2.10. The molecule has 1 aromatic heterocycles. The van der Waals surface area contributed by atoms with Crippen molar-refractivity contribution < 1.29 is 4.74 Å². The number of aromatic nitrogens is 2. The van der Waals surface area contributed by atoms with Crippen molar-refractivity contribution in [2.45, 2.75) is 0 Å². The zero-order valence-electron chi connectivity index (χ0n) is 14.4. The summed E-state index contributed by atoms with van der Waals surface area (Å²) in [6.07, 6.45) is 1.74. The van der Waals surface area contributed by atoms with Crippen molar-refractivity contribution in [3.63, 3.8) is 0 Å². The van der Waals surface area contributed by atoms with Gasteiger partial charge in [0.1, 0.15) is 5.82 Å². The van der Waals surface area contributed by atoms with E-state index in [1.165, 1.54) is 5.69 Å². The minimum atomic E-state index is 0.560. The maximum Gasteiger partial charge on any atom is 0.229 e. The van der Waals surface area contributed by atoms with E-state index in [2.05, 4.69) is 37.6 Å². The van der Waals surface area contributed by atoms with Gasteiger partial charge in [-0.3, -0.25) is 0 Å². The highest BCUT2D eigenvalue weighted by Crippen LogP contribution is 2.21. The van der Waals surface area contributed by atoms with Crippen molar-refractivity contribution in [2.24, 2.45) is 0 Å². The molecule has 4 rings (SSSR count). The number of anilines is 5. The number of benzene rings is 2. The summed E-state index contributed by atoms with van der Waals surface area (Å²) in [5, 5.41) is 6.53. The number of nitrogens with one attached hydrogen (secondary N) is 2. The first-order valence-electron chi connectivity index (χ1n) is 8.72. The fraction of sp³-hybridized carbons (Fsp3) is 0.200. The average molecular weight is 347 g/mol. The summed E-state index contributed by atoms with van der Waals surface area (Å²) in [7, 11) is 0. The van der Waals surface area contributed by atoms with Gasteiger partial charge >= 0.3 is 0 Å². The standard InChI is InChI=1S/C20H21N5O/c1-2-4-16(5-3-1)22-19-10-11-21-20(24-19)23-17-6-8-18(9-7-17)25-12-14-26-15-13-25/h1-11H,12-15H2,(H2,21,22,23,24). The summed E-state index contributed by atoms with van der Waals surface area (Å²) in [6.45, 7) is 3.44. The molecule has 132 valence electrons. The first-order valence-corrected chi connectivity index (χ1v) is 8.72. The number of morpholine rings is 1. The molecule has 1 saturated heterocycles. The van der Waals surface area contributed by atoms with Crippen LogP contribution in [0.3, 0.4) is 0 Å². The molecule has 1 aliphatic heterocycles. The van der Waals surface area contributed by atoms with Crippen LogP contribution in [-0.2, 0) is 4.74 Å². The topological polar surface area (TPSA) is 62.3 Å².